The van der Waals surface area contributed by atoms with Gasteiger partial charge in [0.15, 0.2) is 0 Å². The first-order valence-corrected chi connectivity index (χ1v) is 11.5. The van der Waals surface area contributed by atoms with Crippen LogP contribution in [-0.2, 0) is 29.1 Å². The molecule has 5 heteroatoms. The number of likely N-dealkylation sites (N-methyl/N-ethyl adjacent to an activating group) is 1. The third-order valence-electron chi connectivity index (χ3n) is 6.41. The summed E-state index contributed by atoms with van der Waals surface area (Å²) in [5, 5.41) is 2.96. The molecule has 170 valence electrons. The minimum atomic E-state index is -0.357. The van der Waals surface area contributed by atoms with Crippen molar-refractivity contribution in [1.82, 2.24) is 9.80 Å². The van der Waals surface area contributed by atoms with Crippen LogP contribution in [0.25, 0.3) is 11.1 Å². The predicted molar refractivity (Wildman–Crippen MR) is 133 cm³/mol. The Balaban J connectivity index is 1.47. The van der Waals surface area contributed by atoms with Gasteiger partial charge in [0.25, 0.3) is 0 Å². The van der Waals surface area contributed by atoms with E-state index < -0.39 is 0 Å². The number of amides is 2. The zero-order valence-electron chi connectivity index (χ0n) is 19.5. The lowest BCUT2D eigenvalue weighted by molar-refractivity contribution is -0.138. The Hall–Kier alpha value is -3.44. The molecule has 0 aliphatic carbocycles. The lowest BCUT2D eigenvalue weighted by Crippen LogP contribution is -2.47. The second-order valence-electron chi connectivity index (χ2n) is 8.65. The van der Waals surface area contributed by atoms with Crippen LogP contribution in [0.5, 0.6) is 0 Å². The number of hydrogen-bond donors (Lipinski definition) is 1. The first-order valence-electron chi connectivity index (χ1n) is 11.5. The van der Waals surface area contributed by atoms with Gasteiger partial charge in [-0.1, -0.05) is 73.7 Å². The van der Waals surface area contributed by atoms with E-state index in [0.29, 0.717) is 13.1 Å². The van der Waals surface area contributed by atoms with E-state index in [9.17, 15) is 9.59 Å². The lowest BCUT2D eigenvalue weighted by Gasteiger charge is -2.30. The number of anilines is 1. The van der Waals surface area contributed by atoms with E-state index in [1.807, 2.05) is 43.3 Å². The van der Waals surface area contributed by atoms with Crippen molar-refractivity contribution in [2.75, 3.05) is 18.9 Å². The molecule has 0 fully saturated rings. The third kappa shape index (κ3) is 4.99. The van der Waals surface area contributed by atoms with Crippen LogP contribution >= 0.6 is 0 Å². The molecule has 33 heavy (non-hydrogen) atoms. The first-order chi connectivity index (χ1) is 16.0. The predicted octanol–water partition coefficient (Wildman–Crippen LogP) is 4.72. The molecule has 1 heterocycles. The number of fused-ring (bicyclic) bond motifs is 3. The van der Waals surface area contributed by atoms with Crippen molar-refractivity contribution in [3.63, 3.8) is 0 Å². The van der Waals surface area contributed by atoms with Gasteiger partial charge in [-0.25, -0.2) is 0 Å². The van der Waals surface area contributed by atoms with Crippen molar-refractivity contribution >= 4 is 17.5 Å². The number of carbonyl (C=O) groups excluding carboxylic acids is 2. The Morgan fingerprint density at radius 2 is 1.45 bits per heavy atom. The summed E-state index contributed by atoms with van der Waals surface area (Å²) < 4.78 is 0. The smallest absolute Gasteiger partial charge is 0.243 e. The van der Waals surface area contributed by atoms with Crippen LogP contribution in [0.1, 0.15) is 30.5 Å². The largest absolute Gasteiger partial charge is 0.335 e. The molecule has 1 aliphatic heterocycles. The summed E-state index contributed by atoms with van der Waals surface area (Å²) in [6.07, 6.45) is 0.833. The Kier molecular flexibility index (Phi) is 6.90. The van der Waals surface area contributed by atoms with E-state index in [1.165, 1.54) is 27.2 Å². The molecular weight excluding hydrogens is 410 g/mol. The Labute approximate surface area is 196 Å². The zero-order valence-corrected chi connectivity index (χ0v) is 19.5. The van der Waals surface area contributed by atoms with E-state index in [-0.39, 0.29) is 24.4 Å². The van der Waals surface area contributed by atoms with Gasteiger partial charge < -0.3 is 10.2 Å². The van der Waals surface area contributed by atoms with Crippen LogP contribution in [0.4, 0.5) is 5.69 Å². The van der Waals surface area contributed by atoms with E-state index in [0.717, 1.165) is 17.7 Å². The molecule has 0 radical (unpaired) electrons. The highest BCUT2D eigenvalue weighted by molar-refractivity contribution is 5.95. The Morgan fingerprint density at radius 1 is 0.909 bits per heavy atom. The van der Waals surface area contributed by atoms with Gasteiger partial charge in [-0.15, -0.1) is 0 Å². The van der Waals surface area contributed by atoms with Crippen molar-refractivity contribution in [2.45, 2.75) is 39.4 Å². The summed E-state index contributed by atoms with van der Waals surface area (Å²) in [6.45, 7) is 5.37. The molecule has 1 aliphatic rings. The molecule has 0 aromatic heterocycles. The molecule has 1 N–H and O–H groups in total. The van der Waals surface area contributed by atoms with Crippen molar-refractivity contribution in [3.05, 3.63) is 89.5 Å². The van der Waals surface area contributed by atoms with Crippen molar-refractivity contribution < 1.29 is 9.59 Å². The zero-order chi connectivity index (χ0) is 23.4. The number of aryl methyl sites for hydroxylation is 1. The summed E-state index contributed by atoms with van der Waals surface area (Å²) >= 11 is 0. The number of hydrogen-bond acceptors (Lipinski definition) is 3. The fraction of sp³-hybridized carbons (Fsp3) is 0.286. The molecule has 3 aromatic rings. The van der Waals surface area contributed by atoms with Gasteiger partial charge in [0.05, 0.1) is 12.6 Å². The summed E-state index contributed by atoms with van der Waals surface area (Å²) in [4.78, 5) is 29.7. The third-order valence-corrected chi connectivity index (χ3v) is 6.41. The van der Waals surface area contributed by atoms with E-state index in [1.54, 1.807) is 7.05 Å². The van der Waals surface area contributed by atoms with Crippen LogP contribution in [-0.4, -0.2) is 41.2 Å². The second-order valence-corrected chi connectivity index (χ2v) is 8.65. The van der Waals surface area contributed by atoms with Crippen LogP contribution in [0.15, 0.2) is 72.8 Å². The lowest BCUT2D eigenvalue weighted by atomic mass is 9.97. The fourth-order valence-corrected chi connectivity index (χ4v) is 4.52. The summed E-state index contributed by atoms with van der Waals surface area (Å²) in [7, 11) is 1.70. The van der Waals surface area contributed by atoms with Gasteiger partial charge in [-0.3, -0.25) is 14.5 Å². The second kappa shape index (κ2) is 10.0. The fourth-order valence-electron chi connectivity index (χ4n) is 4.52. The monoisotopic (exact) mass is 441 g/mol. The standard InChI is InChI=1S/C28H31N3O2/c1-4-21-11-7-10-16-26(21)29-27(32)19-30(3)28(33)20(2)31-17-22-12-5-8-14-24(22)25-15-9-6-13-23(25)18-31/h5-16,20H,4,17-19H2,1-3H3,(H,29,32)/t20-/m1/s1. The summed E-state index contributed by atoms with van der Waals surface area (Å²) in [5.41, 5.74) is 6.74. The summed E-state index contributed by atoms with van der Waals surface area (Å²) in [5.74, 6) is -0.253. The summed E-state index contributed by atoms with van der Waals surface area (Å²) in [6, 6.07) is 24.2. The van der Waals surface area contributed by atoms with E-state index >= 15 is 0 Å². The van der Waals surface area contributed by atoms with Gasteiger partial charge in [0.2, 0.25) is 11.8 Å². The van der Waals surface area contributed by atoms with Crippen LogP contribution in [0, 0.1) is 0 Å². The van der Waals surface area contributed by atoms with Gasteiger partial charge in [-0.05, 0) is 47.2 Å². The normalized spacial score (nSPS) is 13.9. The maximum atomic E-state index is 13.3. The average Bonchev–Trinajstić information content (AvgIpc) is 3.00. The molecule has 0 saturated carbocycles. The van der Waals surface area contributed by atoms with Crippen molar-refractivity contribution in [1.29, 1.82) is 0 Å². The Morgan fingerprint density at radius 3 is 2.06 bits per heavy atom. The SMILES string of the molecule is CCc1ccccc1NC(=O)CN(C)C(=O)[C@@H](C)N1Cc2ccccc2-c2ccccc2C1. The van der Waals surface area contributed by atoms with E-state index in [4.69, 9.17) is 0 Å². The molecule has 1 atom stereocenters. The highest BCUT2D eigenvalue weighted by Crippen LogP contribution is 2.33. The average molecular weight is 442 g/mol. The molecule has 0 unspecified atom stereocenters. The topological polar surface area (TPSA) is 52.7 Å². The van der Waals surface area contributed by atoms with Crippen LogP contribution < -0.4 is 5.32 Å². The van der Waals surface area contributed by atoms with Crippen molar-refractivity contribution in [3.8, 4) is 11.1 Å². The Bertz CT molecular complexity index is 1110. The minimum absolute atomic E-state index is 0.0161. The maximum Gasteiger partial charge on any atom is 0.243 e. The molecule has 2 amide bonds. The number of rotatable bonds is 6. The van der Waals surface area contributed by atoms with E-state index in [2.05, 4.69) is 53.5 Å². The van der Waals surface area contributed by atoms with Crippen LogP contribution in [0.3, 0.4) is 0 Å². The van der Waals surface area contributed by atoms with Gasteiger partial charge >= 0.3 is 0 Å². The number of nitrogens with one attached hydrogen (secondary N) is 1. The van der Waals surface area contributed by atoms with Gasteiger partial charge in [-0.2, -0.15) is 0 Å². The molecule has 0 spiro atoms. The van der Waals surface area contributed by atoms with Gasteiger partial charge in [0.1, 0.15) is 0 Å². The quantitative estimate of drug-likeness (QED) is 0.602. The highest BCUT2D eigenvalue weighted by Gasteiger charge is 2.28. The number of nitrogens with zero attached hydrogens (tertiary/aromatic N) is 2. The molecule has 4 rings (SSSR count). The molecule has 3 aromatic carbocycles. The minimum Gasteiger partial charge on any atom is -0.335 e. The number of para-hydroxylation sites is 1. The highest BCUT2D eigenvalue weighted by atomic mass is 16.2. The molecule has 0 bridgehead atoms. The first kappa shape index (κ1) is 22.7. The molecular formula is C28H31N3O2. The maximum absolute atomic E-state index is 13.3. The van der Waals surface area contributed by atoms with Gasteiger partial charge in [0, 0.05) is 25.8 Å². The number of benzene rings is 3. The molecule has 0 saturated heterocycles. The molecule has 5 nitrogen and oxygen atoms in total. The van der Waals surface area contributed by atoms with Crippen molar-refractivity contribution in [2.24, 2.45) is 0 Å². The van der Waals surface area contributed by atoms with Crippen LogP contribution in [0.2, 0.25) is 0 Å². The number of carbonyl (C=O) groups is 2.